The van der Waals surface area contributed by atoms with Gasteiger partial charge in [0.15, 0.2) is 5.75 Å². The van der Waals surface area contributed by atoms with Crippen molar-refractivity contribution in [2.24, 2.45) is 0 Å². The molecule has 172 valence electrons. The number of Topliss-reactive ketones (excluding diaryl/α,β-unsaturated/α-hetero) is 1. The summed E-state index contributed by atoms with van der Waals surface area (Å²) < 4.78 is 13.5. The Morgan fingerprint density at radius 2 is 1.68 bits per heavy atom. The molecule has 0 spiro atoms. The van der Waals surface area contributed by atoms with Gasteiger partial charge in [0, 0.05) is 17.3 Å². The molecule has 0 radical (unpaired) electrons. The number of phenols is 1. The van der Waals surface area contributed by atoms with Crippen molar-refractivity contribution in [2.45, 2.75) is 19.9 Å². The SMILES string of the molecule is Cc1ccc(/C(O)=C2/C(=O)C(=O)N(c3ccc(F)cc3)C2c2ccc(O)c([N+](=O)[O-])c2)cc1C. The van der Waals surface area contributed by atoms with Gasteiger partial charge in [-0.05, 0) is 66.9 Å². The predicted octanol–water partition coefficient (Wildman–Crippen LogP) is 4.68. The normalized spacial score (nSPS) is 17.3. The van der Waals surface area contributed by atoms with Crippen molar-refractivity contribution in [1.82, 2.24) is 0 Å². The third-order valence-corrected chi connectivity index (χ3v) is 5.84. The van der Waals surface area contributed by atoms with Gasteiger partial charge in [0.25, 0.3) is 11.7 Å². The molecule has 0 aromatic heterocycles. The molecule has 1 aliphatic rings. The van der Waals surface area contributed by atoms with E-state index in [0.29, 0.717) is 5.56 Å². The number of anilines is 1. The number of ketones is 1. The standard InChI is InChI=1S/C25H19FN2O6/c1-13-3-4-16(11-14(13)2)23(30)21-22(15-5-10-20(29)19(12-15)28(33)34)27(25(32)24(21)31)18-8-6-17(26)7-9-18/h3-12,22,29-30H,1-2H3/b23-21-. The Morgan fingerprint density at radius 1 is 1.00 bits per heavy atom. The summed E-state index contributed by atoms with van der Waals surface area (Å²) in [5.41, 5.74) is 1.44. The highest BCUT2D eigenvalue weighted by Crippen LogP contribution is 2.44. The molecule has 4 rings (SSSR count). The first kappa shape index (κ1) is 22.7. The molecule has 3 aromatic carbocycles. The number of benzene rings is 3. The van der Waals surface area contributed by atoms with Gasteiger partial charge in [0.2, 0.25) is 0 Å². The molecule has 0 aliphatic carbocycles. The van der Waals surface area contributed by atoms with Gasteiger partial charge < -0.3 is 10.2 Å². The second-order valence-corrected chi connectivity index (χ2v) is 7.95. The van der Waals surface area contributed by atoms with Crippen LogP contribution in [0.1, 0.15) is 28.3 Å². The smallest absolute Gasteiger partial charge is 0.311 e. The number of hydrogen-bond donors (Lipinski definition) is 2. The molecule has 9 heteroatoms. The zero-order valence-corrected chi connectivity index (χ0v) is 18.2. The van der Waals surface area contributed by atoms with Crippen molar-refractivity contribution in [3.63, 3.8) is 0 Å². The van der Waals surface area contributed by atoms with E-state index in [0.717, 1.165) is 40.3 Å². The summed E-state index contributed by atoms with van der Waals surface area (Å²) in [5, 5.41) is 32.4. The summed E-state index contributed by atoms with van der Waals surface area (Å²) in [6, 6.07) is 12.0. The molecule has 1 heterocycles. The van der Waals surface area contributed by atoms with Crippen molar-refractivity contribution in [2.75, 3.05) is 4.90 Å². The number of aliphatic hydroxyl groups is 1. The summed E-state index contributed by atoms with van der Waals surface area (Å²) >= 11 is 0. The fourth-order valence-electron chi connectivity index (χ4n) is 3.92. The van der Waals surface area contributed by atoms with Gasteiger partial charge in [-0.2, -0.15) is 0 Å². The van der Waals surface area contributed by atoms with Crippen LogP contribution in [-0.4, -0.2) is 26.8 Å². The van der Waals surface area contributed by atoms with Crippen LogP contribution in [0.3, 0.4) is 0 Å². The highest BCUT2D eigenvalue weighted by atomic mass is 19.1. The molecular formula is C25H19FN2O6. The summed E-state index contributed by atoms with van der Waals surface area (Å²) in [6.45, 7) is 3.70. The number of aliphatic hydroxyl groups excluding tert-OH is 1. The Hall–Kier alpha value is -4.53. The summed E-state index contributed by atoms with van der Waals surface area (Å²) in [5.74, 6) is -3.60. The quantitative estimate of drug-likeness (QED) is 0.191. The lowest BCUT2D eigenvalue weighted by molar-refractivity contribution is -0.385. The monoisotopic (exact) mass is 462 g/mol. The first-order valence-electron chi connectivity index (χ1n) is 10.2. The van der Waals surface area contributed by atoms with Crippen LogP contribution in [0.2, 0.25) is 0 Å². The van der Waals surface area contributed by atoms with E-state index in [1.807, 2.05) is 13.8 Å². The predicted molar refractivity (Wildman–Crippen MR) is 122 cm³/mol. The molecule has 8 nitrogen and oxygen atoms in total. The molecule has 0 saturated carbocycles. The van der Waals surface area contributed by atoms with E-state index in [4.69, 9.17) is 0 Å². The van der Waals surface area contributed by atoms with E-state index in [1.54, 1.807) is 18.2 Å². The Labute approximate surface area is 193 Å². The second kappa shape index (κ2) is 8.43. The minimum Gasteiger partial charge on any atom is -0.507 e. The van der Waals surface area contributed by atoms with Crippen LogP contribution >= 0.6 is 0 Å². The van der Waals surface area contributed by atoms with E-state index in [9.17, 15) is 34.3 Å². The summed E-state index contributed by atoms with van der Waals surface area (Å²) in [4.78, 5) is 37.9. The number of amides is 1. The number of nitrogens with zero attached hydrogens (tertiary/aromatic N) is 2. The van der Waals surface area contributed by atoms with Crippen molar-refractivity contribution < 1.29 is 29.1 Å². The molecule has 1 fully saturated rings. The Balaban J connectivity index is 1.99. The van der Waals surface area contributed by atoms with Gasteiger partial charge in [-0.1, -0.05) is 18.2 Å². The van der Waals surface area contributed by atoms with Crippen molar-refractivity contribution >= 4 is 28.8 Å². The number of phenolic OH excluding ortho intramolecular Hbond substituents is 1. The van der Waals surface area contributed by atoms with E-state index in [2.05, 4.69) is 0 Å². The zero-order valence-electron chi connectivity index (χ0n) is 18.2. The number of carbonyl (C=O) groups is 2. The molecule has 1 unspecified atom stereocenters. The second-order valence-electron chi connectivity index (χ2n) is 7.95. The lowest BCUT2D eigenvalue weighted by Crippen LogP contribution is -2.29. The third kappa shape index (κ3) is 3.77. The van der Waals surface area contributed by atoms with Crippen molar-refractivity contribution in [1.29, 1.82) is 0 Å². The molecule has 3 aromatic rings. The van der Waals surface area contributed by atoms with E-state index in [1.165, 1.54) is 18.2 Å². The van der Waals surface area contributed by atoms with Gasteiger partial charge in [0.1, 0.15) is 11.6 Å². The molecule has 1 atom stereocenters. The van der Waals surface area contributed by atoms with Gasteiger partial charge in [-0.3, -0.25) is 24.6 Å². The first-order chi connectivity index (χ1) is 16.1. The van der Waals surface area contributed by atoms with Crippen LogP contribution in [0.15, 0.2) is 66.2 Å². The molecule has 34 heavy (non-hydrogen) atoms. The number of hydrogen-bond acceptors (Lipinski definition) is 6. The summed E-state index contributed by atoms with van der Waals surface area (Å²) in [7, 11) is 0. The van der Waals surface area contributed by atoms with Crippen LogP contribution in [0.5, 0.6) is 5.75 Å². The molecule has 1 aliphatic heterocycles. The number of carbonyl (C=O) groups excluding carboxylic acids is 2. The van der Waals surface area contributed by atoms with Crippen LogP contribution in [0, 0.1) is 29.8 Å². The number of aromatic hydroxyl groups is 1. The molecule has 1 amide bonds. The Bertz CT molecular complexity index is 1380. The van der Waals surface area contributed by atoms with Gasteiger partial charge >= 0.3 is 5.69 Å². The largest absolute Gasteiger partial charge is 0.507 e. The maximum Gasteiger partial charge on any atom is 0.311 e. The average Bonchev–Trinajstić information content (AvgIpc) is 3.06. The maximum atomic E-state index is 13.5. The summed E-state index contributed by atoms with van der Waals surface area (Å²) in [6.07, 6.45) is 0. The van der Waals surface area contributed by atoms with Crippen molar-refractivity contribution in [3.8, 4) is 5.75 Å². The highest BCUT2D eigenvalue weighted by Gasteiger charge is 2.47. The molecular weight excluding hydrogens is 443 g/mol. The maximum absolute atomic E-state index is 13.5. The third-order valence-electron chi connectivity index (χ3n) is 5.84. The van der Waals surface area contributed by atoms with Crippen LogP contribution < -0.4 is 4.90 Å². The number of aryl methyl sites for hydroxylation is 2. The molecule has 1 saturated heterocycles. The molecule has 0 bridgehead atoms. The Morgan fingerprint density at radius 3 is 2.29 bits per heavy atom. The van der Waals surface area contributed by atoms with E-state index >= 15 is 0 Å². The fourth-order valence-corrected chi connectivity index (χ4v) is 3.92. The van der Waals surface area contributed by atoms with Gasteiger partial charge in [-0.15, -0.1) is 0 Å². The minimum atomic E-state index is -1.26. The number of nitro groups is 1. The van der Waals surface area contributed by atoms with Crippen molar-refractivity contribution in [3.05, 3.63) is 104 Å². The van der Waals surface area contributed by atoms with Gasteiger partial charge in [-0.25, -0.2) is 4.39 Å². The zero-order chi connectivity index (χ0) is 24.7. The fraction of sp³-hybridized carbons (Fsp3) is 0.120. The van der Waals surface area contributed by atoms with E-state index in [-0.39, 0.29) is 16.8 Å². The topological polar surface area (TPSA) is 121 Å². The number of halogens is 1. The lowest BCUT2D eigenvalue weighted by atomic mass is 9.93. The molecule has 2 N–H and O–H groups in total. The number of rotatable bonds is 4. The first-order valence-corrected chi connectivity index (χ1v) is 10.2. The van der Waals surface area contributed by atoms with Crippen LogP contribution in [0.25, 0.3) is 5.76 Å². The number of nitro benzene ring substituents is 1. The lowest BCUT2D eigenvalue weighted by Gasteiger charge is -2.25. The average molecular weight is 462 g/mol. The highest BCUT2D eigenvalue weighted by molar-refractivity contribution is 6.51. The van der Waals surface area contributed by atoms with Crippen LogP contribution in [-0.2, 0) is 9.59 Å². The Kier molecular flexibility index (Phi) is 5.62. The van der Waals surface area contributed by atoms with Crippen LogP contribution in [0.4, 0.5) is 15.8 Å². The van der Waals surface area contributed by atoms with Gasteiger partial charge in [0.05, 0.1) is 16.5 Å². The minimum absolute atomic E-state index is 0.110. The van der Waals surface area contributed by atoms with E-state index < -0.39 is 45.7 Å².